The van der Waals surface area contributed by atoms with Gasteiger partial charge in [0.25, 0.3) is 0 Å². The third kappa shape index (κ3) is 3.45. The summed E-state index contributed by atoms with van der Waals surface area (Å²) >= 11 is 5.88. The lowest BCUT2D eigenvalue weighted by Crippen LogP contribution is -2.30. The Morgan fingerprint density at radius 1 is 1.22 bits per heavy atom. The van der Waals surface area contributed by atoms with E-state index in [0.717, 1.165) is 6.07 Å². The molecule has 0 heterocycles. The summed E-state index contributed by atoms with van der Waals surface area (Å²) in [6.07, 6.45) is -5.09. The molecule has 0 fully saturated rings. The molecule has 0 aromatic heterocycles. The average molecular weight is 391 g/mol. The van der Waals surface area contributed by atoms with Gasteiger partial charge >= 0.3 is 18.1 Å². The van der Waals surface area contributed by atoms with Crippen molar-refractivity contribution in [1.82, 2.24) is 0 Å². The van der Waals surface area contributed by atoms with Crippen LogP contribution < -0.4 is 5.32 Å². The minimum absolute atomic E-state index is 0.0203. The normalized spacial score (nSPS) is 11.2. The van der Waals surface area contributed by atoms with Crippen molar-refractivity contribution in [3.05, 3.63) is 26.6 Å². The molecule has 2 N–H and O–H groups in total. The van der Waals surface area contributed by atoms with E-state index in [1.54, 1.807) is 0 Å². The minimum atomic E-state index is -5.09. The topological polar surface area (TPSA) is 66.4 Å². The Kier molecular flexibility index (Phi) is 4.38. The number of anilines is 1. The predicted octanol–water partition coefficient (Wildman–Crippen LogP) is 3.41. The molecule has 0 aliphatic carbocycles. The third-order valence-corrected chi connectivity index (χ3v) is 2.86. The standard InChI is InChI=1S/C9H4Br2F3NO3/c10-3-1-4(7(16)17)6(5(11)2-3)15-8(18)9(12,13)14/h1-2H,(H,15,18)(H,16,17). The summed E-state index contributed by atoms with van der Waals surface area (Å²) in [5, 5.41) is 10.4. The van der Waals surface area contributed by atoms with Crippen molar-refractivity contribution in [3.8, 4) is 0 Å². The van der Waals surface area contributed by atoms with E-state index in [2.05, 4.69) is 31.9 Å². The zero-order valence-corrected chi connectivity index (χ0v) is 11.5. The summed E-state index contributed by atoms with van der Waals surface area (Å²) in [5.41, 5.74) is -0.915. The van der Waals surface area contributed by atoms with E-state index in [9.17, 15) is 22.8 Å². The van der Waals surface area contributed by atoms with Crippen LogP contribution in [0.2, 0.25) is 0 Å². The maximum atomic E-state index is 12.1. The van der Waals surface area contributed by atoms with Gasteiger partial charge in [-0.2, -0.15) is 13.2 Å². The molecule has 0 unspecified atom stereocenters. The molecule has 4 nitrogen and oxygen atoms in total. The van der Waals surface area contributed by atoms with Gasteiger partial charge in [0.2, 0.25) is 0 Å². The van der Waals surface area contributed by atoms with E-state index in [1.165, 1.54) is 11.4 Å². The summed E-state index contributed by atoms with van der Waals surface area (Å²) in [6, 6.07) is 2.40. The number of amides is 1. The number of carbonyl (C=O) groups is 2. The summed E-state index contributed by atoms with van der Waals surface area (Å²) in [4.78, 5) is 21.7. The van der Waals surface area contributed by atoms with Crippen molar-refractivity contribution in [2.45, 2.75) is 6.18 Å². The fourth-order valence-electron chi connectivity index (χ4n) is 1.05. The molecule has 98 valence electrons. The number of rotatable bonds is 2. The number of carboxylic acid groups (broad SMARTS) is 1. The van der Waals surface area contributed by atoms with Crippen molar-refractivity contribution in [2.24, 2.45) is 0 Å². The van der Waals surface area contributed by atoms with Gasteiger partial charge in [0.05, 0.1) is 11.3 Å². The Morgan fingerprint density at radius 3 is 2.22 bits per heavy atom. The van der Waals surface area contributed by atoms with Crippen LogP contribution >= 0.6 is 31.9 Å². The second-order valence-electron chi connectivity index (χ2n) is 3.07. The van der Waals surface area contributed by atoms with Crippen LogP contribution in [0.3, 0.4) is 0 Å². The lowest BCUT2D eigenvalue weighted by atomic mass is 10.2. The highest BCUT2D eigenvalue weighted by Gasteiger charge is 2.39. The highest BCUT2D eigenvalue weighted by molar-refractivity contribution is 9.11. The van der Waals surface area contributed by atoms with Gasteiger partial charge in [0.1, 0.15) is 0 Å². The Labute approximate surface area is 115 Å². The average Bonchev–Trinajstić information content (AvgIpc) is 2.19. The van der Waals surface area contributed by atoms with E-state index in [0.29, 0.717) is 4.47 Å². The summed E-state index contributed by atoms with van der Waals surface area (Å²) in [6.45, 7) is 0. The highest BCUT2D eigenvalue weighted by atomic mass is 79.9. The minimum Gasteiger partial charge on any atom is -0.478 e. The van der Waals surface area contributed by atoms with Crippen molar-refractivity contribution < 1.29 is 27.9 Å². The number of benzene rings is 1. The van der Waals surface area contributed by atoms with Crippen LogP contribution in [0.15, 0.2) is 21.1 Å². The van der Waals surface area contributed by atoms with Crippen molar-refractivity contribution >= 4 is 49.4 Å². The van der Waals surface area contributed by atoms with Crippen molar-refractivity contribution in [2.75, 3.05) is 5.32 Å². The largest absolute Gasteiger partial charge is 0.478 e. The van der Waals surface area contributed by atoms with E-state index < -0.39 is 29.3 Å². The van der Waals surface area contributed by atoms with Gasteiger partial charge in [-0.15, -0.1) is 0 Å². The number of carboxylic acids is 1. The first kappa shape index (κ1) is 15.0. The van der Waals surface area contributed by atoms with Gasteiger partial charge < -0.3 is 10.4 Å². The molecule has 1 aromatic carbocycles. The van der Waals surface area contributed by atoms with Crippen LogP contribution in [0.25, 0.3) is 0 Å². The predicted molar refractivity (Wildman–Crippen MR) is 63.5 cm³/mol. The molecular weight excluding hydrogens is 387 g/mol. The molecule has 1 aromatic rings. The number of nitrogens with one attached hydrogen (secondary N) is 1. The van der Waals surface area contributed by atoms with Crippen LogP contribution in [-0.4, -0.2) is 23.2 Å². The third-order valence-electron chi connectivity index (χ3n) is 1.78. The van der Waals surface area contributed by atoms with Crippen LogP contribution in [0.4, 0.5) is 18.9 Å². The first-order chi connectivity index (χ1) is 8.12. The summed E-state index contributed by atoms with van der Waals surface area (Å²) < 4.78 is 36.6. The lowest BCUT2D eigenvalue weighted by molar-refractivity contribution is -0.167. The lowest BCUT2D eigenvalue weighted by Gasteiger charge is -2.12. The maximum absolute atomic E-state index is 12.1. The van der Waals surface area contributed by atoms with Gasteiger partial charge in [0.15, 0.2) is 0 Å². The number of alkyl halides is 3. The smallest absolute Gasteiger partial charge is 0.471 e. The molecule has 0 aliphatic rings. The molecule has 1 rings (SSSR count). The molecule has 0 saturated heterocycles. The molecule has 0 bridgehead atoms. The molecular formula is C9H4Br2F3NO3. The number of halogens is 5. The van der Waals surface area contributed by atoms with E-state index in [1.807, 2.05) is 0 Å². The van der Waals surface area contributed by atoms with Crippen LogP contribution in [-0.2, 0) is 4.79 Å². The van der Waals surface area contributed by atoms with Gasteiger partial charge in [-0.3, -0.25) is 4.79 Å². The van der Waals surface area contributed by atoms with Crippen LogP contribution in [0.1, 0.15) is 10.4 Å². The maximum Gasteiger partial charge on any atom is 0.471 e. The zero-order valence-electron chi connectivity index (χ0n) is 8.31. The molecule has 1 amide bonds. The van der Waals surface area contributed by atoms with E-state index >= 15 is 0 Å². The van der Waals surface area contributed by atoms with Crippen molar-refractivity contribution in [3.63, 3.8) is 0 Å². The first-order valence-corrected chi connectivity index (χ1v) is 5.82. The summed E-state index contributed by atoms with van der Waals surface area (Å²) in [5.74, 6) is -3.71. The Hall–Kier alpha value is -1.09. The quantitative estimate of drug-likeness (QED) is 0.813. The molecule has 0 radical (unpaired) electrons. The number of aromatic carboxylic acids is 1. The summed E-state index contributed by atoms with van der Waals surface area (Å²) in [7, 11) is 0. The second kappa shape index (κ2) is 5.27. The van der Waals surface area contributed by atoms with Gasteiger partial charge in [0, 0.05) is 8.95 Å². The fourth-order valence-corrected chi connectivity index (χ4v) is 2.38. The van der Waals surface area contributed by atoms with Crippen molar-refractivity contribution in [1.29, 1.82) is 0 Å². The fraction of sp³-hybridized carbons (Fsp3) is 0.111. The molecule has 0 saturated carbocycles. The SMILES string of the molecule is O=C(O)c1cc(Br)cc(Br)c1NC(=O)C(F)(F)F. The Bertz CT molecular complexity index is 517. The monoisotopic (exact) mass is 389 g/mol. The van der Waals surface area contributed by atoms with Gasteiger partial charge in [-0.05, 0) is 28.1 Å². The number of carbonyl (C=O) groups excluding carboxylic acids is 1. The Morgan fingerprint density at radius 2 is 1.78 bits per heavy atom. The molecule has 0 atom stereocenters. The second-order valence-corrected chi connectivity index (χ2v) is 4.84. The highest BCUT2D eigenvalue weighted by Crippen LogP contribution is 2.32. The Balaban J connectivity index is 3.24. The van der Waals surface area contributed by atoms with Gasteiger partial charge in [-0.25, -0.2) is 4.79 Å². The van der Waals surface area contributed by atoms with E-state index in [-0.39, 0.29) is 4.47 Å². The molecule has 18 heavy (non-hydrogen) atoms. The molecule has 0 spiro atoms. The zero-order chi connectivity index (χ0) is 14.1. The molecule has 0 aliphatic heterocycles. The van der Waals surface area contributed by atoms with Crippen LogP contribution in [0.5, 0.6) is 0 Å². The number of hydrogen-bond acceptors (Lipinski definition) is 2. The first-order valence-electron chi connectivity index (χ1n) is 4.23. The number of hydrogen-bond donors (Lipinski definition) is 2. The van der Waals surface area contributed by atoms with Crippen LogP contribution in [0, 0.1) is 0 Å². The van der Waals surface area contributed by atoms with Gasteiger partial charge in [-0.1, -0.05) is 15.9 Å². The van der Waals surface area contributed by atoms with E-state index in [4.69, 9.17) is 5.11 Å². The molecule has 9 heteroatoms.